The monoisotopic (exact) mass is 592 g/mol. The molecule has 3 aromatic heterocycles. The summed E-state index contributed by atoms with van der Waals surface area (Å²) in [7, 11) is 0. The summed E-state index contributed by atoms with van der Waals surface area (Å²) in [6, 6.07) is 12.6. The summed E-state index contributed by atoms with van der Waals surface area (Å²) in [5, 5.41) is 21.8. The number of amides is 2. The van der Waals surface area contributed by atoms with Crippen LogP contribution in [0.4, 0.5) is 11.5 Å². The molecule has 1 atom stereocenters. The zero-order valence-electron chi connectivity index (χ0n) is 22.9. The van der Waals surface area contributed by atoms with E-state index < -0.39 is 11.6 Å². The van der Waals surface area contributed by atoms with Gasteiger partial charge in [0.25, 0.3) is 5.56 Å². The molecule has 0 saturated heterocycles. The lowest BCUT2D eigenvalue weighted by molar-refractivity contribution is -0.124. The highest BCUT2D eigenvalue weighted by Crippen LogP contribution is 2.27. The summed E-state index contributed by atoms with van der Waals surface area (Å²) < 4.78 is 2.36. The lowest BCUT2D eigenvalue weighted by Crippen LogP contribution is -2.36. The van der Waals surface area contributed by atoms with Gasteiger partial charge in [-0.25, -0.2) is 9.97 Å². The quantitative estimate of drug-likeness (QED) is 0.123. The molecule has 1 aromatic carbocycles. The number of hydrogen-bond donors (Lipinski definition) is 5. The van der Waals surface area contributed by atoms with Gasteiger partial charge in [-0.05, 0) is 25.5 Å². The van der Waals surface area contributed by atoms with Gasteiger partial charge < -0.3 is 16.4 Å². The van der Waals surface area contributed by atoms with Crippen molar-refractivity contribution in [1.82, 2.24) is 19.9 Å². The van der Waals surface area contributed by atoms with Crippen LogP contribution in [-0.4, -0.2) is 36.9 Å². The van der Waals surface area contributed by atoms with Gasteiger partial charge in [-0.1, -0.05) is 55.9 Å². The predicted octanol–water partition coefficient (Wildman–Crippen LogP) is 4.58. The van der Waals surface area contributed by atoms with E-state index in [0.717, 1.165) is 20.5 Å². The maximum Gasteiger partial charge on any atom is 0.278 e. The molecule has 0 saturated carbocycles. The molecule has 0 aliphatic carbocycles. The van der Waals surface area contributed by atoms with E-state index in [0.29, 0.717) is 47.5 Å². The fourth-order valence-corrected chi connectivity index (χ4v) is 5.58. The lowest BCUT2D eigenvalue weighted by Gasteiger charge is -2.14. The lowest BCUT2D eigenvalue weighted by atomic mass is 10.2. The number of aromatic nitrogens is 3. The van der Waals surface area contributed by atoms with E-state index in [9.17, 15) is 14.4 Å². The second-order valence-corrected chi connectivity index (χ2v) is 10.9. The number of thioether (sulfide) groups is 1. The summed E-state index contributed by atoms with van der Waals surface area (Å²) in [5.41, 5.74) is 6.20. The molecule has 2 amide bonds. The van der Waals surface area contributed by atoms with Gasteiger partial charge in [0.15, 0.2) is 0 Å². The van der Waals surface area contributed by atoms with Gasteiger partial charge in [0.2, 0.25) is 12.3 Å². The number of nitrogens with zero attached hydrogens (tertiary/aromatic N) is 3. The Kier molecular flexibility index (Phi) is 11.3. The average Bonchev–Trinajstić information content (AvgIpc) is 3.59. The van der Waals surface area contributed by atoms with Gasteiger partial charge in [-0.3, -0.25) is 29.8 Å². The average molecular weight is 593 g/mol. The molecule has 214 valence electrons. The standard InChI is InChI=1S/C17H16N6O3S.C9H10N2S.C2H6/c18-14-4-13-9(5-19-14)3-10(27-13)6-21-16(25)12-1-2-15-20-7-11(22-8-24)17(26)23(12)15;1-7(10)12-9(11)8-5-3-2-4-6-8;1-2/h3-5,7-8,12H,1-2,6H2,(H2,18,19)(H,21,25)(H,22,24);2-6,10-11H,1H3;1-2H3. The Bertz CT molecular complexity index is 1600. The molecule has 5 rings (SSSR count). The Balaban J connectivity index is 0.000000278. The normalized spacial score (nSPS) is 13.1. The molecule has 4 heterocycles. The van der Waals surface area contributed by atoms with Crippen LogP contribution in [0.1, 0.15) is 49.5 Å². The van der Waals surface area contributed by atoms with Crippen molar-refractivity contribution in [2.75, 3.05) is 11.1 Å². The molecule has 1 aliphatic rings. The predicted molar refractivity (Wildman–Crippen MR) is 167 cm³/mol. The van der Waals surface area contributed by atoms with Crippen molar-refractivity contribution in [1.29, 1.82) is 10.8 Å². The molecule has 6 N–H and O–H groups in total. The maximum atomic E-state index is 12.7. The molecular weight excluding hydrogens is 560 g/mol. The summed E-state index contributed by atoms with van der Waals surface area (Å²) >= 11 is 2.70. The number of carbonyl (C=O) groups is 2. The Morgan fingerprint density at radius 3 is 2.61 bits per heavy atom. The van der Waals surface area contributed by atoms with E-state index in [1.165, 1.54) is 33.9 Å². The number of nitrogen functional groups attached to an aromatic ring is 1. The minimum Gasteiger partial charge on any atom is -0.384 e. The number of rotatable bonds is 6. The molecule has 1 aliphatic heterocycles. The van der Waals surface area contributed by atoms with Gasteiger partial charge in [0, 0.05) is 33.1 Å². The molecule has 1 unspecified atom stereocenters. The van der Waals surface area contributed by atoms with Gasteiger partial charge in [0.1, 0.15) is 28.4 Å². The highest BCUT2D eigenvalue weighted by molar-refractivity contribution is 8.26. The Labute approximate surface area is 245 Å². The molecular formula is C28H32N8O3S2. The fraction of sp³-hybridized carbons (Fsp3) is 0.250. The summed E-state index contributed by atoms with van der Waals surface area (Å²) in [6.07, 6.45) is 4.46. The van der Waals surface area contributed by atoms with E-state index in [1.807, 2.05) is 50.2 Å². The van der Waals surface area contributed by atoms with Crippen LogP contribution in [0.5, 0.6) is 0 Å². The molecule has 0 spiro atoms. The van der Waals surface area contributed by atoms with Crippen LogP contribution < -0.4 is 21.9 Å². The van der Waals surface area contributed by atoms with Crippen molar-refractivity contribution >= 4 is 67.1 Å². The van der Waals surface area contributed by atoms with E-state index in [1.54, 1.807) is 19.2 Å². The number of hydrogen-bond acceptors (Lipinski definition) is 10. The van der Waals surface area contributed by atoms with Gasteiger partial charge >= 0.3 is 0 Å². The van der Waals surface area contributed by atoms with Crippen molar-refractivity contribution in [3.8, 4) is 0 Å². The second kappa shape index (κ2) is 14.9. The highest BCUT2D eigenvalue weighted by Gasteiger charge is 2.31. The number of benzene rings is 1. The first-order chi connectivity index (χ1) is 19.8. The second-order valence-electron chi connectivity index (χ2n) is 8.51. The third-order valence-corrected chi connectivity index (χ3v) is 7.59. The van der Waals surface area contributed by atoms with Gasteiger partial charge in [-0.2, -0.15) is 0 Å². The topological polar surface area (TPSA) is 180 Å². The number of aryl methyl sites for hydroxylation is 1. The Morgan fingerprint density at radius 2 is 1.93 bits per heavy atom. The molecule has 4 aromatic rings. The maximum absolute atomic E-state index is 12.7. The third-order valence-electron chi connectivity index (χ3n) is 5.74. The molecule has 13 heteroatoms. The van der Waals surface area contributed by atoms with Crippen molar-refractivity contribution in [3.05, 3.63) is 81.5 Å². The van der Waals surface area contributed by atoms with Crippen molar-refractivity contribution in [2.24, 2.45) is 0 Å². The fourth-order valence-electron chi connectivity index (χ4n) is 4.00. The molecule has 0 bridgehead atoms. The number of thiophene rings is 1. The minimum atomic E-state index is -0.639. The van der Waals surface area contributed by atoms with Gasteiger partial charge in [0.05, 0.1) is 17.8 Å². The van der Waals surface area contributed by atoms with Crippen LogP contribution in [0.2, 0.25) is 0 Å². The molecule has 41 heavy (non-hydrogen) atoms. The third kappa shape index (κ3) is 8.08. The first kappa shape index (κ1) is 31.2. The Hall–Kier alpha value is -4.36. The number of nitrogens with one attached hydrogen (secondary N) is 4. The SMILES string of the molecule is CC.CC(=N)SC(=N)c1ccccc1.Nc1cc2sc(CNC(=O)C3CCc4ncc(NC=O)c(=O)n43)cc2cn1. The number of nitrogens with two attached hydrogens (primary N) is 1. The number of carbonyl (C=O) groups excluding carboxylic acids is 2. The van der Waals surface area contributed by atoms with Crippen LogP contribution >= 0.6 is 23.1 Å². The van der Waals surface area contributed by atoms with E-state index in [-0.39, 0.29) is 11.6 Å². The van der Waals surface area contributed by atoms with Crippen LogP contribution in [0.25, 0.3) is 10.1 Å². The number of fused-ring (bicyclic) bond motifs is 2. The number of pyridine rings is 1. The van der Waals surface area contributed by atoms with Crippen LogP contribution in [0.3, 0.4) is 0 Å². The van der Waals surface area contributed by atoms with Crippen molar-refractivity contribution < 1.29 is 9.59 Å². The zero-order chi connectivity index (χ0) is 29.9. The first-order valence-electron chi connectivity index (χ1n) is 12.9. The summed E-state index contributed by atoms with van der Waals surface area (Å²) in [5.74, 6) is 0.741. The largest absolute Gasteiger partial charge is 0.384 e. The van der Waals surface area contributed by atoms with Crippen molar-refractivity contribution in [2.45, 2.75) is 46.2 Å². The van der Waals surface area contributed by atoms with Crippen LogP contribution in [0.15, 0.2) is 59.7 Å². The van der Waals surface area contributed by atoms with Crippen LogP contribution in [0, 0.1) is 10.8 Å². The highest BCUT2D eigenvalue weighted by atomic mass is 32.2. The first-order valence-corrected chi connectivity index (χ1v) is 14.5. The zero-order valence-corrected chi connectivity index (χ0v) is 24.6. The van der Waals surface area contributed by atoms with E-state index in [4.69, 9.17) is 16.6 Å². The summed E-state index contributed by atoms with van der Waals surface area (Å²) in [4.78, 5) is 45.0. The molecule has 0 fully saturated rings. The number of anilines is 2. The smallest absolute Gasteiger partial charge is 0.278 e. The van der Waals surface area contributed by atoms with E-state index in [2.05, 4.69) is 20.6 Å². The van der Waals surface area contributed by atoms with E-state index >= 15 is 0 Å². The van der Waals surface area contributed by atoms with Crippen LogP contribution in [-0.2, 0) is 22.6 Å². The molecule has 11 nitrogen and oxygen atoms in total. The van der Waals surface area contributed by atoms with Gasteiger partial charge in [-0.15, -0.1) is 11.3 Å². The Morgan fingerprint density at radius 1 is 1.20 bits per heavy atom. The van der Waals surface area contributed by atoms with Crippen molar-refractivity contribution in [3.63, 3.8) is 0 Å². The molecule has 0 radical (unpaired) electrons. The minimum absolute atomic E-state index is 0.0584. The summed E-state index contributed by atoms with van der Waals surface area (Å²) in [6.45, 7) is 6.03.